The minimum atomic E-state index is 1.01. The molecule has 44 valence electrons. The van der Waals surface area contributed by atoms with Crippen LogP contribution in [0, 0.1) is 6.92 Å². The van der Waals surface area contributed by atoms with E-state index >= 15 is 0 Å². The van der Waals surface area contributed by atoms with Gasteiger partial charge in [-0.15, -0.1) is 5.10 Å². The van der Waals surface area contributed by atoms with Gasteiger partial charge in [-0.25, -0.2) is 0 Å². The van der Waals surface area contributed by atoms with Crippen LogP contribution in [-0.4, -0.2) is 22.2 Å². The Kier molecular flexibility index (Phi) is 1.15. The maximum absolute atomic E-state index is 3.69. The summed E-state index contributed by atoms with van der Waals surface area (Å²) in [5.41, 5.74) is 3.83. The van der Waals surface area contributed by atoms with Crippen LogP contribution < -0.4 is 5.43 Å². The summed E-state index contributed by atoms with van der Waals surface area (Å²) in [5.74, 6) is 0. The molecule has 0 amide bonds. The van der Waals surface area contributed by atoms with Crippen molar-refractivity contribution in [3.8, 4) is 0 Å². The molecular formula is C4H8N4. The summed E-state index contributed by atoms with van der Waals surface area (Å²) in [6.07, 6.45) is 1.69. The highest BCUT2D eigenvalue weighted by atomic mass is 15.6. The normalized spacial score (nSPS) is 9.25. The first-order valence-corrected chi connectivity index (χ1v) is 2.39. The van der Waals surface area contributed by atoms with Gasteiger partial charge in [0, 0.05) is 7.05 Å². The molecule has 0 saturated heterocycles. The Morgan fingerprint density at radius 2 is 2.50 bits per heavy atom. The van der Waals surface area contributed by atoms with Crippen molar-refractivity contribution in [2.75, 3.05) is 12.5 Å². The van der Waals surface area contributed by atoms with Gasteiger partial charge in [0.15, 0.2) is 0 Å². The lowest BCUT2D eigenvalue weighted by Crippen LogP contribution is -2.11. The molecule has 1 rings (SSSR count). The Balaban J connectivity index is 2.92. The minimum absolute atomic E-state index is 1.01. The lowest BCUT2D eigenvalue weighted by Gasteiger charge is -1.96. The molecule has 0 aliphatic rings. The summed E-state index contributed by atoms with van der Waals surface area (Å²) in [5, 5.41) is 7.33. The van der Waals surface area contributed by atoms with E-state index in [-0.39, 0.29) is 0 Å². The molecule has 0 unspecified atom stereocenters. The molecule has 1 aromatic heterocycles. The van der Waals surface area contributed by atoms with Crippen molar-refractivity contribution in [1.82, 2.24) is 15.1 Å². The number of hydrogen-bond donors (Lipinski definition) is 1. The average Bonchev–Trinajstić information content (AvgIpc) is 2.14. The van der Waals surface area contributed by atoms with Gasteiger partial charge in [-0.2, -0.15) is 4.79 Å². The first-order valence-electron chi connectivity index (χ1n) is 2.39. The largest absolute Gasteiger partial charge is 0.311 e. The molecule has 8 heavy (non-hydrogen) atoms. The standard InChI is InChI=1S/C4H8N4/c1-4-3-6-7-8(4)5-2/h3,5H,1-2H3. The number of aryl methyl sites for hydroxylation is 1. The van der Waals surface area contributed by atoms with E-state index < -0.39 is 0 Å². The van der Waals surface area contributed by atoms with E-state index in [4.69, 9.17) is 0 Å². The monoisotopic (exact) mass is 112 g/mol. The molecule has 0 bridgehead atoms. The van der Waals surface area contributed by atoms with Gasteiger partial charge in [0.25, 0.3) is 0 Å². The molecule has 0 spiro atoms. The van der Waals surface area contributed by atoms with Crippen LogP contribution in [0.1, 0.15) is 5.69 Å². The molecule has 4 nitrogen and oxygen atoms in total. The van der Waals surface area contributed by atoms with Crippen molar-refractivity contribution in [3.05, 3.63) is 11.9 Å². The maximum atomic E-state index is 3.69. The Labute approximate surface area is 47.5 Å². The van der Waals surface area contributed by atoms with E-state index in [0.717, 1.165) is 5.69 Å². The molecule has 1 aromatic rings. The first-order chi connectivity index (χ1) is 3.84. The summed E-state index contributed by atoms with van der Waals surface area (Å²) in [7, 11) is 1.79. The number of nitrogens with one attached hydrogen (secondary N) is 1. The van der Waals surface area contributed by atoms with Crippen LogP contribution in [0.15, 0.2) is 6.20 Å². The highest BCUT2D eigenvalue weighted by Gasteiger charge is 1.89. The fourth-order valence-electron chi connectivity index (χ4n) is 0.507. The van der Waals surface area contributed by atoms with Crippen LogP contribution in [-0.2, 0) is 0 Å². The second-order valence-electron chi connectivity index (χ2n) is 1.51. The van der Waals surface area contributed by atoms with E-state index in [1.807, 2.05) is 6.92 Å². The average molecular weight is 112 g/mol. The predicted molar refractivity (Wildman–Crippen MR) is 30.0 cm³/mol. The SMILES string of the molecule is CNn1nncc1C. The van der Waals surface area contributed by atoms with Gasteiger partial charge in [0.2, 0.25) is 0 Å². The van der Waals surface area contributed by atoms with Crippen molar-refractivity contribution < 1.29 is 0 Å². The predicted octanol–water partition coefficient (Wildman–Crippen LogP) is -0.240. The molecule has 1 N–H and O–H groups in total. The van der Waals surface area contributed by atoms with Crippen LogP contribution in [0.3, 0.4) is 0 Å². The van der Waals surface area contributed by atoms with Crippen molar-refractivity contribution in [3.63, 3.8) is 0 Å². The fraction of sp³-hybridized carbons (Fsp3) is 0.500. The Bertz CT molecular complexity index is 168. The third-order valence-corrected chi connectivity index (χ3v) is 0.932. The highest BCUT2D eigenvalue weighted by Crippen LogP contribution is 1.85. The first kappa shape index (κ1) is 5.08. The Hall–Kier alpha value is -1.06. The molecule has 0 radical (unpaired) electrons. The summed E-state index contributed by atoms with van der Waals surface area (Å²) in [6, 6.07) is 0. The summed E-state index contributed by atoms with van der Waals surface area (Å²) >= 11 is 0. The number of hydrogen-bond acceptors (Lipinski definition) is 3. The van der Waals surface area contributed by atoms with Crippen molar-refractivity contribution in [2.24, 2.45) is 0 Å². The van der Waals surface area contributed by atoms with Gasteiger partial charge in [-0.1, -0.05) is 0 Å². The maximum Gasteiger partial charge on any atom is 0.0792 e. The van der Waals surface area contributed by atoms with E-state index in [1.54, 1.807) is 18.0 Å². The van der Waals surface area contributed by atoms with Crippen molar-refractivity contribution in [2.45, 2.75) is 6.92 Å². The van der Waals surface area contributed by atoms with Crippen molar-refractivity contribution >= 4 is 0 Å². The second-order valence-corrected chi connectivity index (χ2v) is 1.51. The smallest absolute Gasteiger partial charge is 0.0792 e. The van der Waals surface area contributed by atoms with E-state index in [0.29, 0.717) is 0 Å². The van der Waals surface area contributed by atoms with Gasteiger partial charge >= 0.3 is 0 Å². The van der Waals surface area contributed by atoms with Gasteiger partial charge in [0.1, 0.15) is 0 Å². The zero-order valence-electron chi connectivity index (χ0n) is 4.92. The molecule has 0 aliphatic carbocycles. The molecule has 0 fully saturated rings. The molecule has 4 heteroatoms. The summed E-state index contributed by atoms with van der Waals surface area (Å²) in [4.78, 5) is 1.60. The van der Waals surface area contributed by atoms with Gasteiger partial charge in [0.05, 0.1) is 11.9 Å². The zero-order valence-corrected chi connectivity index (χ0v) is 4.92. The molecule has 0 aliphatic heterocycles. The van der Waals surface area contributed by atoms with Crippen LogP contribution in [0.5, 0.6) is 0 Å². The molecule has 0 saturated carbocycles. The van der Waals surface area contributed by atoms with E-state index in [9.17, 15) is 0 Å². The van der Waals surface area contributed by atoms with Crippen molar-refractivity contribution in [1.29, 1.82) is 0 Å². The number of nitrogens with zero attached hydrogens (tertiary/aromatic N) is 3. The molecule has 0 atom stereocenters. The Morgan fingerprint density at radius 3 is 2.75 bits per heavy atom. The van der Waals surface area contributed by atoms with Crippen LogP contribution in [0.2, 0.25) is 0 Å². The zero-order chi connectivity index (χ0) is 5.98. The third kappa shape index (κ3) is 0.641. The van der Waals surface area contributed by atoms with Crippen LogP contribution in [0.4, 0.5) is 0 Å². The lowest BCUT2D eigenvalue weighted by molar-refractivity contribution is 0.710. The lowest BCUT2D eigenvalue weighted by atomic mass is 10.6. The number of rotatable bonds is 1. The second kappa shape index (κ2) is 1.81. The molecule has 0 aromatic carbocycles. The number of aromatic nitrogens is 3. The Morgan fingerprint density at radius 1 is 1.75 bits per heavy atom. The highest BCUT2D eigenvalue weighted by molar-refractivity contribution is 4.89. The van der Waals surface area contributed by atoms with E-state index in [2.05, 4.69) is 15.7 Å². The van der Waals surface area contributed by atoms with E-state index in [1.165, 1.54) is 0 Å². The fourth-order valence-corrected chi connectivity index (χ4v) is 0.507. The van der Waals surface area contributed by atoms with Gasteiger partial charge < -0.3 is 5.43 Å². The third-order valence-electron chi connectivity index (χ3n) is 0.932. The van der Waals surface area contributed by atoms with Crippen LogP contribution in [0.25, 0.3) is 0 Å². The van der Waals surface area contributed by atoms with Crippen LogP contribution >= 0.6 is 0 Å². The van der Waals surface area contributed by atoms with Gasteiger partial charge in [-0.3, -0.25) is 0 Å². The quantitative estimate of drug-likeness (QED) is 0.545. The summed E-state index contributed by atoms with van der Waals surface area (Å²) < 4.78 is 0. The molecule has 1 heterocycles. The molecular weight excluding hydrogens is 104 g/mol. The topological polar surface area (TPSA) is 42.7 Å². The van der Waals surface area contributed by atoms with Gasteiger partial charge in [-0.05, 0) is 12.1 Å². The minimum Gasteiger partial charge on any atom is -0.311 e. The summed E-state index contributed by atoms with van der Waals surface area (Å²) in [6.45, 7) is 1.93.